The Balaban J connectivity index is 2.01. The summed E-state index contributed by atoms with van der Waals surface area (Å²) in [7, 11) is 1.78. The summed E-state index contributed by atoms with van der Waals surface area (Å²) >= 11 is 0. The maximum absolute atomic E-state index is 13.2. The molecule has 0 spiro atoms. The van der Waals surface area contributed by atoms with Crippen molar-refractivity contribution in [3.63, 3.8) is 0 Å². The zero-order chi connectivity index (χ0) is 17.5. The smallest absolute Gasteiger partial charge is 0.238 e. The number of halogens is 2. The summed E-state index contributed by atoms with van der Waals surface area (Å²) in [6.07, 6.45) is 0.485. The number of amides is 1. The van der Waals surface area contributed by atoms with Crippen molar-refractivity contribution in [3.8, 4) is 0 Å². The molecule has 2 N–H and O–H groups in total. The van der Waals surface area contributed by atoms with Crippen molar-refractivity contribution in [1.29, 1.82) is 0 Å². The fourth-order valence-electron chi connectivity index (χ4n) is 2.55. The number of anilines is 1. The summed E-state index contributed by atoms with van der Waals surface area (Å²) in [5.74, 6) is -2.32. The summed E-state index contributed by atoms with van der Waals surface area (Å²) in [6.45, 7) is 0.0489. The van der Waals surface area contributed by atoms with E-state index in [9.17, 15) is 18.7 Å². The Morgan fingerprint density at radius 2 is 1.88 bits per heavy atom. The van der Waals surface area contributed by atoms with Crippen LogP contribution >= 0.6 is 0 Å². The zero-order valence-corrected chi connectivity index (χ0v) is 13.4. The van der Waals surface area contributed by atoms with E-state index in [1.54, 1.807) is 11.9 Å². The number of rotatable bonds is 7. The Hall–Kier alpha value is -2.31. The molecule has 2 aromatic carbocycles. The number of nitrogens with zero attached hydrogens (tertiary/aromatic N) is 1. The van der Waals surface area contributed by atoms with Gasteiger partial charge in [0, 0.05) is 24.4 Å². The van der Waals surface area contributed by atoms with Crippen molar-refractivity contribution >= 4 is 11.6 Å². The van der Waals surface area contributed by atoms with Gasteiger partial charge in [-0.15, -0.1) is 0 Å². The summed E-state index contributed by atoms with van der Waals surface area (Å²) in [5.41, 5.74) is 1.19. The first-order valence-corrected chi connectivity index (χ1v) is 7.62. The number of carbonyl (C=O) groups excluding carboxylic acids is 1. The Morgan fingerprint density at radius 1 is 1.17 bits per heavy atom. The fourth-order valence-corrected chi connectivity index (χ4v) is 2.55. The van der Waals surface area contributed by atoms with Gasteiger partial charge in [-0.25, -0.2) is 8.78 Å². The Bertz CT molecular complexity index is 680. The second kappa shape index (κ2) is 8.52. The molecule has 24 heavy (non-hydrogen) atoms. The van der Waals surface area contributed by atoms with Gasteiger partial charge in [-0.3, -0.25) is 9.69 Å². The number of aliphatic hydroxyl groups excluding tert-OH is 1. The van der Waals surface area contributed by atoms with Crippen molar-refractivity contribution in [2.75, 3.05) is 25.5 Å². The minimum atomic E-state index is -1.01. The first-order chi connectivity index (χ1) is 11.5. The van der Waals surface area contributed by atoms with Crippen LogP contribution in [0.15, 0.2) is 48.5 Å². The van der Waals surface area contributed by atoms with E-state index in [4.69, 9.17) is 0 Å². The number of hydrogen-bond donors (Lipinski definition) is 2. The summed E-state index contributed by atoms with van der Waals surface area (Å²) in [6, 6.07) is 12.7. The minimum Gasteiger partial charge on any atom is -0.396 e. The molecule has 0 saturated carbocycles. The molecule has 4 nitrogen and oxygen atoms in total. The highest BCUT2D eigenvalue weighted by Crippen LogP contribution is 2.22. The highest BCUT2D eigenvalue weighted by Gasteiger charge is 2.19. The van der Waals surface area contributed by atoms with Crippen LogP contribution in [0.1, 0.15) is 18.0 Å². The molecule has 0 heterocycles. The molecule has 1 unspecified atom stereocenters. The molecule has 1 amide bonds. The van der Waals surface area contributed by atoms with E-state index in [0.717, 1.165) is 17.7 Å². The van der Waals surface area contributed by atoms with Crippen LogP contribution in [0, 0.1) is 11.6 Å². The van der Waals surface area contributed by atoms with Crippen LogP contribution in [0.2, 0.25) is 0 Å². The van der Waals surface area contributed by atoms with Crippen LogP contribution in [0.25, 0.3) is 0 Å². The van der Waals surface area contributed by atoms with E-state index in [2.05, 4.69) is 5.32 Å². The SMILES string of the molecule is CN(CC(=O)Nc1ccc(F)c(F)c1)C(CCO)c1ccccc1. The van der Waals surface area contributed by atoms with Crippen molar-refractivity contribution in [1.82, 2.24) is 4.90 Å². The fraction of sp³-hybridized carbons (Fsp3) is 0.278. The lowest BCUT2D eigenvalue weighted by atomic mass is 10.0. The molecular weight excluding hydrogens is 314 g/mol. The number of hydrogen-bond acceptors (Lipinski definition) is 3. The van der Waals surface area contributed by atoms with Crippen LogP contribution in [0.5, 0.6) is 0 Å². The normalized spacial score (nSPS) is 12.2. The molecular formula is C18H20F2N2O2. The van der Waals surface area contributed by atoms with Crippen LogP contribution in [0.3, 0.4) is 0 Å². The van der Waals surface area contributed by atoms with E-state index >= 15 is 0 Å². The van der Waals surface area contributed by atoms with Gasteiger partial charge < -0.3 is 10.4 Å². The van der Waals surface area contributed by atoms with Crippen molar-refractivity contribution in [2.45, 2.75) is 12.5 Å². The third-order valence-electron chi connectivity index (χ3n) is 3.72. The summed E-state index contributed by atoms with van der Waals surface area (Å²) in [5, 5.41) is 11.8. The van der Waals surface area contributed by atoms with Crippen LogP contribution in [-0.4, -0.2) is 36.1 Å². The van der Waals surface area contributed by atoms with Gasteiger partial charge in [0.05, 0.1) is 6.54 Å². The Morgan fingerprint density at radius 3 is 2.50 bits per heavy atom. The molecule has 0 fully saturated rings. The average molecular weight is 334 g/mol. The molecule has 1 atom stereocenters. The number of likely N-dealkylation sites (N-methyl/N-ethyl adjacent to an activating group) is 1. The molecule has 2 rings (SSSR count). The predicted molar refractivity (Wildman–Crippen MR) is 88.5 cm³/mol. The lowest BCUT2D eigenvalue weighted by Gasteiger charge is -2.27. The lowest BCUT2D eigenvalue weighted by Crippen LogP contribution is -2.33. The second-order valence-corrected chi connectivity index (χ2v) is 5.53. The van der Waals surface area contributed by atoms with Crippen molar-refractivity contribution in [3.05, 3.63) is 65.7 Å². The third kappa shape index (κ3) is 4.84. The topological polar surface area (TPSA) is 52.6 Å². The molecule has 0 aromatic heterocycles. The van der Waals surface area contributed by atoms with Gasteiger partial charge in [0.2, 0.25) is 5.91 Å². The van der Waals surface area contributed by atoms with Gasteiger partial charge in [-0.2, -0.15) is 0 Å². The quantitative estimate of drug-likeness (QED) is 0.818. The number of carbonyl (C=O) groups is 1. The van der Waals surface area contributed by atoms with Gasteiger partial charge in [0.15, 0.2) is 11.6 Å². The third-order valence-corrected chi connectivity index (χ3v) is 3.72. The van der Waals surface area contributed by atoms with Gasteiger partial charge in [-0.05, 0) is 31.2 Å². The van der Waals surface area contributed by atoms with Crippen molar-refractivity contribution < 1.29 is 18.7 Å². The van der Waals surface area contributed by atoms with Crippen molar-refractivity contribution in [2.24, 2.45) is 0 Å². The lowest BCUT2D eigenvalue weighted by molar-refractivity contribution is -0.117. The maximum atomic E-state index is 13.2. The van der Waals surface area contributed by atoms with E-state index in [0.29, 0.717) is 6.42 Å². The summed E-state index contributed by atoms with van der Waals surface area (Å²) in [4.78, 5) is 13.9. The molecule has 0 saturated heterocycles. The van der Waals surface area contributed by atoms with Gasteiger partial charge in [0.1, 0.15) is 0 Å². The monoisotopic (exact) mass is 334 g/mol. The molecule has 0 bridgehead atoms. The zero-order valence-electron chi connectivity index (χ0n) is 13.4. The maximum Gasteiger partial charge on any atom is 0.238 e. The highest BCUT2D eigenvalue weighted by atomic mass is 19.2. The molecule has 2 aromatic rings. The van der Waals surface area contributed by atoms with Crippen LogP contribution in [0.4, 0.5) is 14.5 Å². The Labute approximate surface area is 139 Å². The molecule has 6 heteroatoms. The Kier molecular flexibility index (Phi) is 6.40. The largest absolute Gasteiger partial charge is 0.396 e. The second-order valence-electron chi connectivity index (χ2n) is 5.53. The molecule has 0 aliphatic carbocycles. The number of nitrogens with one attached hydrogen (secondary N) is 1. The number of aliphatic hydroxyl groups is 1. The highest BCUT2D eigenvalue weighted by molar-refractivity contribution is 5.92. The van der Waals surface area contributed by atoms with Crippen LogP contribution in [-0.2, 0) is 4.79 Å². The van der Waals surface area contributed by atoms with E-state index in [1.807, 2.05) is 30.3 Å². The standard InChI is InChI=1S/C18H20F2N2O2/c1-22(17(9-10-23)13-5-3-2-4-6-13)12-18(24)21-14-7-8-15(19)16(20)11-14/h2-8,11,17,23H,9-10,12H2,1H3,(H,21,24). The summed E-state index contributed by atoms with van der Waals surface area (Å²) < 4.78 is 26.1. The molecule has 128 valence electrons. The predicted octanol–water partition coefficient (Wildman–Crippen LogP) is 2.96. The number of benzene rings is 2. The minimum absolute atomic E-state index is 0.00526. The van der Waals surface area contributed by atoms with Gasteiger partial charge in [-0.1, -0.05) is 30.3 Å². The first-order valence-electron chi connectivity index (χ1n) is 7.62. The van der Waals surface area contributed by atoms with E-state index in [-0.39, 0.29) is 30.8 Å². The van der Waals surface area contributed by atoms with Crippen LogP contribution < -0.4 is 5.32 Å². The molecule has 0 aliphatic rings. The van der Waals surface area contributed by atoms with Gasteiger partial charge >= 0.3 is 0 Å². The molecule has 0 radical (unpaired) electrons. The molecule has 0 aliphatic heterocycles. The first kappa shape index (κ1) is 18.0. The van der Waals surface area contributed by atoms with E-state index in [1.165, 1.54) is 6.07 Å². The van der Waals surface area contributed by atoms with E-state index < -0.39 is 11.6 Å². The average Bonchev–Trinajstić information content (AvgIpc) is 2.56. The van der Waals surface area contributed by atoms with Gasteiger partial charge in [0.25, 0.3) is 0 Å².